The lowest BCUT2D eigenvalue weighted by molar-refractivity contribution is 0.149. The highest BCUT2D eigenvalue weighted by molar-refractivity contribution is 5.89. The van der Waals surface area contributed by atoms with Crippen molar-refractivity contribution < 1.29 is 14.3 Å². The van der Waals surface area contributed by atoms with Gasteiger partial charge in [0, 0.05) is 5.69 Å². The number of aliphatic hydroxyl groups is 1. The molecular weight excluding hydrogens is 268 g/mol. The minimum Gasteiger partial charge on any atom is -0.467 e. The summed E-state index contributed by atoms with van der Waals surface area (Å²) in [5.74, 6) is 0.438. The predicted molar refractivity (Wildman–Crippen MR) is 79.2 cm³/mol. The van der Waals surface area contributed by atoms with Crippen LogP contribution in [0, 0.1) is 0 Å². The number of benzene rings is 1. The zero-order valence-electron chi connectivity index (χ0n) is 11.6. The van der Waals surface area contributed by atoms with Crippen LogP contribution >= 0.6 is 0 Å². The van der Waals surface area contributed by atoms with Gasteiger partial charge in [0.1, 0.15) is 11.9 Å². The molecule has 0 saturated heterocycles. The maximum atomic E-state index is 11.8. The molecule has 1 atom stereocenters. The molecule has 3 rings (SSSR count). The molecule has 3 N–H and O–H groups in total. The van der Waals surface area contributed by atoms with E-state index in [2.05, 4.69) is 16.7 Å². The zero-order valence-corrected chi connectivity index (χ0v) is 11.6. The third-order valence-electron chi connectivity index (χ3n) is 3.68. The molecule has 0 spiro atoms. The summed E-state index contributed by atoms with van der Waals surface area (Å²) in [6, 6.07) is 9.03. The Morgan fingerprint density at radius 1 is 1.29 bits per heavy atom. The molecule has 1 aromatic heterocycles. The van der Waals surface area contributed by atoms with Gasteiger partial charge in [-0.05, 0) is 54.7 Å². The van der Waals surface area contributed by atoms with Crippen LogP contribution in [0.25, 0.3) is 0 Å². The van der Waals surface area contributed by atoms with Crippen molar-refractivity contribution in [3.8, 4) is 0 Å². The van der Waals surface area contributed by atoms with Gasteiger partial charge in [-0.2, -0.15) is 0 Å². The minimum absolute atomic E-state index is 0.101. The Labute approximate surface area is 123 Å². The molecule has 21 heavy (non-hydrogen) atoms. The Balaban J connectivity index is 1.52. The third-order valence-corrected chi connectivity index (χ3v) is 3.68. The predicted octanol–water partition coefficient (Wildman–Crippen LogP) is 2.62. The van der Waals surface area contributed by atoms with E-state index in [1.807, 2.05) is 12.1 Å². The second-order valence-electron chi connectivity index (χ2n) is 5.20. The van der Waals surface area contributed by atoms with E-state index in [-0.39, 0.29) is 12.6 Å². The van der Waals surface area contributed by atoms with Crippen molar-refractivity contribution in [1.82, 2.24) is 5.32 Å². The molecule has 110 valence electrons. The van der Waals surface area contributed by atoms with E-state index in [9.17, 15) is 9.90 Å². The molecule has 1 aromatic carbocycles. The standard InChI is InChI=1S/C16H18N2O3/c19-14(15-5-2-8-21-15)10-17-16(20)18-13-7-6-11-3-1-4-12(11)9-13/h2,5-9,14,19H,1,3-4,10H2,(H2,17,18,20). The molecule has 0 fully saturated rings. The Kier molecular flexibility index (Phi) is 3.92. The SMILES string of the molecule is O=C(NCC(O)c1ccco1)Nc1ccc2c(c1)CCC2. The van der Waals surface area contributed by atoms with Gasteiger partial charge in [0.15, 0.2) is 0 Å². The normalized spacial score (nSPS) is 14.5. The summed E-state index contributed by atoms with van der Waals surface area (Å²) >= 11 is 0. The van der Waals surface area contributed by atoms with Crippen LogP contribution in [0.15, 0.2) is 41.0 Å². The van der Waals surface area contributed by atoms with E-state index in [1.54, 1.807) is 12.1 Å². The van der Waals surface area contributed by atoms with Crippen molar-refractivity contribution in [1.29, 1.82) is 0 Å². The lowest BCUT2D eigenvalue weighted by Gasteiger charge is -2.11. The smallest absolute Gasteiger partial charge is 0.319 e. The van der Waals surface area contributed by atoms with Crippen molar-refractivity contribution >= 4 is 11.7 Å². The first-order chi connectivity index (χ1) is 10.2. The van der Waals surface area contributed by atoms with Crippen LogP contribution < -0.4 is 10.6 Å². The fourth-order valence-electron chi connectivity index (χ4n) is 2.60. The Morgan fingerprint density at radius 2 is 2.14 bits per heavy atom. The van der Waals surface area contributed by atoms with Crippen molar-refractivity contribution in [3.63, 3.8) is 0 Å². The van der Waals surface area contributed by atoms with Crippen molar-refractivity contribution in [2.45, 2.75) is 25.4 Å². The monoisotopic (exact) mass is 286 g/mol. The number of amides is 2. The summed E-state index contributed by atoms with van der Waals surface area (Å²) in [4.78, 5) is 11.8. The number of anilines is 1. The Bertz CT molecular complexity index is 622. The van der Waals surface area contributed by atoms with Gasteiger partial charge in [-0.3, -0.25) is 0 Å². The summed E-state index contributed by atoms with van der Waals surface area (Å²) in [7, 11) is 0. The number of urea groups is 1. The highest BCUT2D eigenvalue weighted by Crippen LogP contribution is 2.24. The van der Waals surface area contributed by atoms with E-state index in [0.717, 1.165) is 18.5 Å². The molecule has 0 bridgehead atoms. The molecule has 2 amide bonds. The molecule has 0 saturated carbocycles. The molecule has 1 unspecified atom stereocenters. The van der Waals surface area contributed by atoms with Gasteiger partial charge < -0.3 is 20.2 Å². The third kappa shape index (κ3) is 3.25. The maximum absolute atomic E-state index is 11.8. The first-order valence-electron chi connectivity index (χ1n) is 7.10. The number of hydrogen-bond donors (Lipinski definition) is 3. The zero-order chi connectivity index (χ0) is 14.7. The largest absolute Gasteiger partial charge is 0.467 e. The molecule has 1 aliphatic carbocycles. The molecule has 2 aromatic rings. The molecular formula is C16H18N2O3. The van der Waals surface area contributed by atoms with Gasteiger partial charge in [0.2, 0.25) is 0 Å². The average molecular weight is 286 g/mol. The number of fused-ring (bicyclic) bond motifs is 1. The van der Waals surface area contributed by atoms with E-state index in [4.69, 9.17) is 4.42 Å². The van der Waals surface area contributed by atoms with Gasteiger partial charge in [-0.1, -0.05) is 6.07 Å². The summed E-state index contributed by atoms with van der Waals surface area (Å²) in [6.07, 6.45) is 4.02. The topological polar surface area (TPSA) is 74.5 Å². The molecule has 1 aliphatic rings. The molecule has 5 heteroatoms. The second-order valence-corrected chi connectivity index (χ2v) is 5.20. The Morgan fingerprint density at radius 3 is 2.95 bits per heavy atom. The van der Waals surface area contributed by atoms with Crippen LogP contribution in [0.1, 0.15) is 29.4 Å². The quantitative estimate of drug-likeness (QED) is 0.808. The van der Waals surface area contributed by atoms with Gasteiger partial charge in [-0.15, -0.1) is 0 Å². The van der Waals surface area contributed by atoms with Gasteiger partial charge in [0.25, 0.3) is 0 Å². The summed E-state index contributed by atoms with van der Waals surface area (Å²) in [5, 5.41) is 15.2. The number of carbonyl (C=O) groups excluding carboxylic acids is 1. The summed E-state index contributed by atoms with van der Waals surface area (Å²) < 4.78 is 5.07. The number of aliphatic hydroxyl groups excluding tert-OH is 1. The van der Waals surface area contributed by atoms with Crippen LogP contribution in [0.4, 0.5) is 10.5 Å². The minimum atomic E-state index is -0.842. The number of rotatable bonds is 4. The molecule has 0 aliphatic heterocycles. The lowest BCUT2D eigenvalue weighted by atomic mass is 10.1. The highest BCUT2D eigenvalue weighted by atomic mass is 16.4. The molecule has 5 nitrogen and oxygen atoms in total. The first-order valence-corrected chi connectivity index (χ1v) is 7.10. The number of hydrogen-bond acceptors (Lipinski definition) is 3. The first kappa shape index (κ1) is 13.7. The van der Waals surface area contributed by atoms with Crippen LogP contribution in [0.2, 0.25) is 0 Å². The summed E-state index contributed by atoms with van der Waals surface area (Å²) in [6.45, 7) is 0.101. The molecule has 1 heterocycles. The lowest BCUT2D eigenvalue weighted by Crippen LogP contribution is -2.32. The van der Waals surface area contributed by atoms with Crippen LogP contribution in [0.3, 0.4) is 0 Å². The second kappa shape index (κ2) is 6.01. The fourth-order valence-corrected chi connectivity index (χ4v) is 2.60. The van der Waals surface area contributed by atoms with E-state index >= 15 is 0 Å². The maximum Gasteiger partial charge on any atom is 0.319 e. The van der Waals surface area contributed by atoms with Gasteiger partial charge in [-0.25, -0.2) is 4.79 Å². The fraction of sp³-hybridized carbons (Fsp3) is 0.312. The Hall–Kier alpha value is -2.27. The van der Waals surface area contributed by atoms with Gasteiger partial charge in [0.05, 0.1) is 12.8 Å². The number of nitrogens with one attached hydrogen (secondary N) is 2. The number of aryl methyl sites for hydroxylation is 2. The van der Waals surface area contributed by atoms with E-state index in [0.29, 0.717) is 5.76 Å². The van der Waals surface area contributed by atoms with E-state index < -0.39 is 6.10 Å². The van der Waals surface area contributed by atoms with Crippen LogP contribution in [0.5, 0.6) is 0 Å². The van der Waals surface area contributed by atoms with Crippen LogP contribution in [-0.2, 0) is 12.8 Å². The van der Waals surface area contributed by atoms with Gasteiger partial charge >= 0.3 is 6.03 Å². The average Bonchev–Trinajstić information content (AvgIpc) is 3.15. The number of furan rings is 1. The summed E-state index contributed by atoms with van der Waals surface area (Å²) in [5.41, 5.74) is 3.46. The highest BCUT2D eigenvalue weighted by Gasteiger charge is 2.13. The van der Waals surface area contributed by atoms with Crippen molar-refractivity contribution in [3.05, 3.63) is 53.5 Å². The van der Waals surface area contributed by atoms with Crippen LogP contribution in [-0.4, -0.2) is 17.7 Å². The van der Waals surface area contributed by atoms with Crippen molar-refractivity contribution in [2.75, 3.05) is 11.9 Å². The van der Waals surface area contributed by atoms with E-state index in [1.165, 1.54) is 23.8 Å². The number of carbonyl (C=O) groups is 1. The molecule has 0 radical (unpaired) electrons. The van der Waals surface area contributed by atoms with Crippen molar-refractivity contribution in [2.24, 2.45) is 0 Å².